The Bertz CT molecular complexity index is 1010. The molecule has 0 unspecified atom stereocenters. The number of nitrogens with one attached hydrogen (secondary N) is 1. The van der Waals surface area contributed by atoms with E-state index in [0.29, 0.717) is 12.0 Å². The highest BCUT2D eigenvalue weighted by Gasteiger charge is 2.21. The van der Waals surface area contributed by atoms with Crippen molar-refractivity contribution in [2.45, 2.75) is 66.5 Å². The first kappa shape index (κ1) is 25.9. The topological polar surface area (TPSA) is 55.7 Å². The van der Waals surface area contributed by atoms with Crippen LogP contribution in [-0.4, -0.2) is 20.9 Å². The Hall–Kier alpha value is -3.32. The van der Waals surface area contributed by atoms with Crippen molar-refractivity contribution in [2.75, 3.05) is 0 Å². The third kappa shape index (κ3) is 7.95. The summed E-state index contributed by atoms with van der Waals surface area (Å²) in [5, 5.41) is 9.25. The van der Waals surface area contributed by atoms with Gasteiger partial charge in [-0.25, -0.2) is 4.98 Å². The van der Waals surface area contributed by atoms with Crippen LogP contribution in [0.3, 0.4) is 0 Å². The average molecular weight is 443 g/mol. The van der Waals surface area contributed by atoms with E-state index in [4.69, 9.17) is 0 Å². The Kier molecular flexibility index (Phi) is 10.4. The second kappa shape index (κ2) is 13.3. The van der Waals surface area contributed by atoms with Crippen LogP contribution in [0, 0.1) is 24.2 Å². The van der Waals surface area contributed by atoms with Gasteiger partial charge in [0.1, 0.15) is 0 Å². The summed E-state index contributed by atoms with van der Waals surface area (Å²) in [6.07, 6.45) is 6.62. The van der Waals surface area contributed by atoms with E-state index in [0.717, 1.165) is 37.1 Å². The standard InChI is InChI=1S/C24H30N2.C5H8N2/c1-6-24(15-21-10-8-7-9-11-21)26(20(5)18(2)3)17-23-14-22(16-25)13-12-19(23)4;1-2-5-3-6-4-7-5/h7-14,18,24H,5-6,15,17H2,1-4H3;3-4H,2H2,1H3,(H,6,7)/t24-;/m0./s1. The first-order chi connectivity index (χ1) is 15.9. The molecule has 0 saturated carbocycles. The minimum atomic E-state index is 0.387. The number of imidazole rings is 1. The summed E-state index contributed by atoms with van der Waals surface area (Å²) in [6, 6.07) is 19.3. The van der Waals surface area contributed by atoms with Crippen LogP contribution in [0.25, 0.3) is 0 Å². The molecular formula is C29H38N4. The highest BCUT2D eigenvalue weighted by atomic mass is 15.2. The van der Waals surface area contributed by atoms with Crippen LogP contribution in [0.1, 0.15) is 62.1 Å². The molecule has 1 atom stereocenters. The molecule has 3 rings (SSSR count). The maximum Gasteiger partial charge on any atom is 0.0991 e. The number of H-pyrrole nitrogens is 1. The van der Waals surface area contributed by atoms with Crippen molar-refractivity contribution in [1.29, 1.82) is 5.26 Å². The lowest BCUT2D eigenvalue weighted by molar-refractivity contribution is 0.216. The predicted octanol–water partition coefficient (Wildman–Crippen LogP) is 6.83. The van der Waals surface area contributed by atoms with Gasteiger partial charge in [0.2, 0.25) is 0 Å². The third-order valence-corrected chi connectivity index (χ3v) is 6.02. The molecule has 1 N–H and O–H groups in total. The van der Waals surface area contributed by atoms with Crippen molar-refractivity contribution in [1.82, 2.24) is 14.9 Å². The van der Waals surface area contributed by atoms with Crippen LogP contribution in [0.4, 0.5) is 0 Å². The van der Waals surface area contributed by atoms with Gasteiger partial charge in [-0.15, -0.1) is 0 Å². The molecule has 0 aliphatic rings. The molecule has 0 fully saturated rings. The molecule has 0 radical (unpaired) electrons. The van der Waals surface area contributed by atoms with Gasteiger partial charge in [-0.3, -0.25) is 0 Å². The molecule has 0 bridgehead atoms. The number of hydrogen-bond donors (Lipinski definition) is 1. The van der Waals surface area contributed by atoms with Crippen LogP contribution in [-0.2, 0) is 19.4 Å². The van der Waals surface area contributed by atoms with E-state index in [1.165, 1.54) is 22.4 Å². The predicted molar refractivity (Wildman–Crippen MR) is 138 cm³/mol. The molecule has 174 valence electrons. The SMILES string of the molecule is C=C(C(C)C)N(Cc1cc(C#N)ccc1C)[C@@H](CC)Cc1ccccc1.CCc1cnc[nH]1. The number of nitriles is 1. The van der Waals surface area contributed by atoms with Crippen molar-refractivity contribution in [3.8, 4) is 6.07 Å². The van der Waals surface area contributed by atoms with Gasteiger partial charge in [-0.2, -0.15) is 5.26 Å². The van der Waals surface area contributed by atoms with Gasteiger partial charge in [0.25, 0.3) is 0 Å². The van der Waals surface area contributed by atoms with Gasteiger partial charge in [-0.1, -0.05) is 70.7 Å². The molecule has 0 aliphatic heterocycles. The quantitative estimate of drug-likeness (QED) is 0.395. The smallest absolute Gasteiger partial charge is 0.0991 e. The van der Waals surface area contributed by atoms with E-state index in [-0.39, 0.29) is 0 Å². The molecule has 1 aromatic heterocycles. The van der Waals surface area contributed by atoms with Gasteiger partial charge < -0.3 is 9.88 Å². The van der Waals surface area contributed by atoms with Crippen LogP contribution < -0.4 is 0 Å². The second-order valence-corrected chi connectivity index (χ2v) is 8.71. The maximum absolute atomic E-state index is 9.25. The van der Waals surface area contributed by atoms with Crippen molar-refractivity contribution in [3.63, 3.8) is 0 Å². The average Bonchev–Trinajstić information content (AvgIpc) is 3.37. The molecule has 0 amide bonds. The van der Waals surface area contributed by atoms with E-state index >= 15 is 0 Å². The summed E-state index contributed by atoms with van der Waals surface area (Å²) in [5.74, 6) is 0.388. The van der Waals surface area contributed by atoms with E-state index in [1.54, 1.807) is 6.33 Å². The number of allylic oxidation sites excluding steroid dienone is 1. The Morgan fingerprint density at radius 3 is 2.39 bits per heavy atom. The van der Waals surface area contributed by atoms with Crippen LogP contribution in [0.5, 0.6) is 0 Å². The minimum absolute atomic E-state index is 0.387. The highest BCUT2D eigenvalue weighted by Crippen LogP contribution is 2.25. The number of aromatic nitrogens is 2. The molecule has 0 spiro atoms. The van der Waals surface area contributed by atoms with Gasteiger partial charge in [0.05, 0.1) is 18.0 Å². The normalized spacial score (nSPS) is 11.3. The molecule has 0 saturated heterocycles. The fourth-order valence-corrected chi connectivity index (χ4v) is 3.73. The Morgan fingerprint density at radius 1 is 1.15 bits per heavy atom. The Labute approximate surface area is 200 Å². The fourth-order valence-electron chi connectivity index (χ4n) is 3.73. The molecule has 4 heteroatoms. The first-order valence-electron chi connectivity index (χ1n) is 11.9. The van der Waals surface area contributed by atoms with Gasteiger partial charge >= 0.3 is 0 Å². The van der Waals surface area contributed by atoms with E-state index < -0.39 is 0 Å². The summed E-state index contributed by atoms with van der Waals surface area (Å²) in [4.78, 5) is 9.26. The lowest BCUT2D eigenvalue weighted by atomic mass is 9.97. The Balaban J connectivity index is 0.000000468. The Morgan fingerprint density at radius 2 is 1.88 bits per heavy atom. The van der Waals surface area contributed by atoms with E-state index in [9.17, 15) is 5.26 Å². The van der Waals surface area contributed by atoms with Crippen molar-refractivity contribution in [2.24, 2.45) is 5.92 Å². The highest BCUT2D eigenvalue weighted by molar-refractivity contribution is 5.38. The molecule has 1 heterocycles. The molecule has 2 aromatic carbocycles. The summed E-state index contributed by atoms with van der Waals surface area (Å²) in [7, 11) is 0. The lowest BCUT2D eigenvalue weighted by Gasteiger charge is -2.37. The van der Waals surface area contributed by atoms with E-state index in [1.807, 2.05) is 24.4 Å². The number of nitrogens with zero attached hydrogens (tertiary/aromatic N) is 3. The van der Waals surface area contributed by atoms with Crippen molar-refractivity contribution >= 4 is 0 Å². The fraction of sp³-hybridized carbons (Fsp3) is 0.379. The van der Waals surface area contributed by atoms with Crippen molar-refractivity contribution < 1.29 is 0 Å². The first-order valence-corrected chi connectivity index (χ1v) is 11.9. The molecule has 4 nitrogen and oxygen atoms in total. The molecule has 3 aromatic rings. The zero-order valence-electron chi connectivity index (χ0n) is 20.8. The third-order valence-electron chi connectivity index (χ3n) is 6.02. The molecule has 33 heavy (non-hydrogen) atoms. The van der Waals surface area contributed by atoms with Crippen molar-refractivity contribution in [3.05, 3.63) is 101 Å². The lowest BCUT2D eigenvalue weighted by Crippen LogP contribution is -2.37. The van der Waals surface area contributed by atoms with E-state index in [2.05, 4.69) is 92.5 Å². The van der Waals surface area contributed by atoms with Gasteiger partial charge in [0, 0.05) is 30.2 Å². The maximum atomic E-state index is 9.25. The van der Waals surface area contributed by atoms with Gasteiger partial charge in [-0.05, 0) is 60.9 Å². The second-order valence-electron chi connectivity index (χ2n) is 8.71. The number of hydrogen-bond acceptors (Lipinski definition) is 3. The van der Waals surface area contributed by atoms with Crippen LogP contribution >= 0.6 is 0 Å². The number of aryl methyl sites for hydroxylation is 2. The largest absolute Gasteiger partial charge is 0.367 e. The molecular weight excluding hydrogens is 404 g/mol. The number of rotatable bonds is 9. The zero-order chi connectivity index (χ0) is 24.2. The monoisotopic (exact) mass is 442 g/mol. The summed E-state index contributed by atoms with van der Waals surface area (Å²) in [6.45, 7) is 16.0. The zero-order valence-corrected chi connectivity index (χ0v) is 20.8. The number of benzene rings is 2. The summed E-state index contributed by atoms with van der Waals surface area (Å²) < 4.78 is 0. The van der Waals surface area contributed by atoms with Crippen LogP contribution in [0.2, 0.25) is 0 Å². The summed E-state index contributed by atoms with van der Waals surface area (Å²) >= 11 is 0. The minimum Gasteiger partial charge on any atom is -0.367 e. The molecule has 0 aliphatic carbocycles. The van der Waals surface area contributed by atoms with Gasteiger partial charge in [0.15, 0.2) is 0 Å². The summed E-state index contributed by atoms with van der Waals surface area (Å²) in [5.41, 5.74) is 6.85. The van der Waals surface area contributed by atoms with Crippen LogP contribution in [0.15, 0.2) is 73.3 Å². The number of aromatic amines is 1.